The first-order valence-corrected chi connectivity index (χ1v) is 7.74. The summed E-state index contributed by atoms with van der Waals surface area (Å²) in [4.78, 5) is 16.8. The summed E-state index contributed by atoms with van der Waals surface area (Å²) in [6, 6.07) is 5.83. The minimum atomic E-state index is -3.49. The summed E-state index contributed by atoms with van der Waals surface area (Å²) in [6.45, 7) is 4.39. The Morgan fingerprint density at radius 2 is 1.65 bits per heavy atom. The Kier molecular flexibility index (Phi) is 5.67. The topological polar surface area (TPSA) is 66.9 Å². The molecule has 1 aromatic rings. The molecule has 0 saturated heterocycles. The number of amides is 1. The SMILES string of the molecule is CCN(CC)S(=O)(=O)c1ccc(C(=O)N(C)OC)cc1. The van der Waals surface area contributed by atoms with Gasteiger partial charge in [-0.25, -0.2) is 13.5 Å². The van der Waals surface area contributed by atoms with E-state index in [1.54, 1.807) is 13.8 Å². The standard InChI is InChI=1S/C13H20N2O4S/c1-5-15(6-2)20(17,18)12-9-7-11(8-10-12)13(16)14(3)19-4/h7-10H,5-6H2,1-4H3. The predicted octanol–water partition coefficient (Wildman–Crippen LogP) is 1.35. The fourth-order valence-electron chi connectivity index (χ4n) is 1.75. The third kappa shape index (κ3) is 3.36. The molecule has 0 radical (unpaired) electrons. The van der Waals surface area contributed by atoms with Crippen LogP contribution in [0.2, 0.25) is 0 Å². The molecule has 0 saturated carbocycles. The van der Waals surface area contributed by atoms with Gasteiger partial charge in [-0.3, -0.25) is 9.63 Å². The number of nitrogens with zero attached hydrogens (tertiary/aromatic N) is 2. The van der Waals surface area contributed by atoms with Crippen LogP contribution >= 0.6 is 0 Å². The lowest BCUT2D eigenvalue weighted by Gasteiger charge is -2.18. The lowest BCUT2D eigenvalue weighted by Crippen LogP contribution is -2.30. The number of hydroxylamine groups is 2. The Labute approximate surface area is 119 Å². The molecule has 112 valence electrons. The van der Waals surface area contributed by atoms with Crippen molar-refractivity contribution in [3.8, 4) is 0 Å². The third-order valence-corrected chi connectivity index (χ3v) is 5.07. The number of hydrogen-bond donors (Lipinski definition) is 0. The van der Waals surface area contributed by atoms with E-state index in [-0.39, 0.29) is 10.8 Å². The van der Waals surface area contributed by atoms with Crippen LogP contribution in [0.4, 0.5) is 0 Å². The van der Waals surface area contributed by atoms with E-state index in [9.17, 15) is 13.2 Å². The van der Waals surface area contributed by atoms with E-state index in [2.05, 4.69) is 0 Å². The van der Waals surface area contributed by atoms with Gasteiger partial charge in [-0.2, -0.15) is 4.31 Å². The highest BCUT2D eigenvalue weighted by Gasteiger charge is 2.22. The summed E-state index contributed by atoms with van der Waals surface area (Å²) in [5, 5.41) is 1.08. The van der Waals surface area contributed by atoms with E-state index in [0.717, 1.165) is 5.06 Å². The van der Waals surface area contributed by atoms with Crippen molar-refractivity contribution in [3.05, 3.63) is 29.8 Å². The molecule has 0 aliphatic rings. The Balaban J connectivity index is 3.06. The first kappa shape index (κ1) is 16.6. The van der Waals surface area contributed by atoms with Gasteiger partial charge in [0.05, 0.1) is 12.0 Å². The maximum absolute atomic E-state index is 12.3. The van der Waals surface area contributed by atoms with Crippen molar-refractivity contribution < 1.29 is 18.0 Å². The highest BCUT2D eigenvalue weighted by Crippen LogP contribution is 2.16. The molecule has 1 amide bonds. The highest BCUT2D eigenvalue weighted by molar-refractivity contribution is 7.89. The number of carbonyl (C=O) groups excluding carboxylic acids is 1. The summed E-state index contributed by atoms with van der Waals surface area (Å²) in [5.74, 6) is -0.334. The molecule has 0 N–H and O–H groups in total. The third-order valence-electron chi connectivity index (χ3n) is 3.00. The zero-order valence-electron chi connectivity index (χ0n) is 12.2. The first-order valence-electron chi connectivity index (χ1n) is 6.30. The zero-order chi connectivity index (χ0) is 15.3. The Bertz CT molecular complexity index is 550. The molecule has 0 unspecified atom stereocenters. The average Bonchev–Trinajstić information content (AvgIpc) is 2.46. The lowest BCUT2D eigenvalue weighted by atomic mass is 10.2. The van der Waals surface area contributed by atoms with E-state index in [1.165, 1.54) is 42.7 Å². The largest absolute Gasteiger partial charge is 0.277 e. The minimum Gasteiger partial charge on any atom is -0.274 e. The van der Waals surface area contributed by atoms with Crippen LogP contribution in [-0.2, 0) is 14.9 Å². The molecule has 0 atom stereocenters. The van der Waals surface area contributed by atoms with Gasteiger partial charge < -0.3 is 0 Å². The quantitative estimate of drug-likeness (QED) is 0.744. The summed E-state index contributed by atoms with van der Waals surface area (Å²) >= 11 is 0. The minimum absolute atomic E-state index is 0.179. The van der Waals surface area contributed by atoms with Gasteiger partial charge in [0.15, 0.2) is 0 Å². The van der Waals surface area contributed by atoms with E-state index in [4.69, 9.17) is 4.84 Å². The number of sulfonamides is 1. The maximum Gasteiger partial charge on any atom is 0.277 e. The molecule has 20 heavy (non-hydrogen) atoms. The Hall–Kier alpha value is -1.44. The molecule has 0 bridgehead atoms. The molecule has 0 spiro atoms. The summed E-state index contributed by atoms with van der Waals surface area (Å²) in [6.07, 6.45) is 0. The number of rotatable bonds is 6. The fourth-order valence-corrected chi connectivity index (χ4v) is 3.20. The number of carbonyl (C=O) groups is 1. The van der Waals surface area contributed by atoms with Gasteiger partial charge in [-0.1, -0.05) is 13.8 Å². The van der Waals surface area contributed by atoms with Crippen LogP contribution in [0.3, 0.4) is 0 Å². The van der Waals surface area contributed by atoms with Crippen molar-refractivity contribution in [1.82, 2.24) is 9.37 Å². The monoisotopic (exact) mass is 300 g/mol. The van der Waals surface area contributed by atoms with Crippen molar-refractivity contribution in [2.24, 2.45) is 0 Å². The van der Waals surface area contributed by atoms with Gasteiger partial charge in [0.25, 0.3) is 5.91 Å². The van der Waals surface area contributed by atoms with E-state index in [0.29, 0.717) is 18.7 Å². The smallest absolute Gasteiger partial charge is 0.274 e. The molecule has 0 aliphatic carbocycles. The highest BCUT2D eigenvalue weighted by atomic mass is 32.2. The summed E-state index contributed by atoms with van der Waals surface area (Å²) < 4.78 is 25.9. The zero-order valence-corrected chi connectivity index (χ0v) is 13.0. The van der Waals surface area contributed by atoms with Crippen LogP contribution in [0.15, 0.2) is 29.2 Å². The molecule has 0 aliphatic heterocycles. The second kappa shape index (κ2) is 6.83. The van der Waals surface area contributed by atoms with Gasteiger partial charge in [-0.15, -0.1) is 0 Å². The first-order chi connectivity index (χ1) is 9.38. The van der Waals surface area contributed by atoms with Crippen molar-refractivity contribution >= 4 is 15.9 Å². The Morgan fingerprint density at radius 1 is 1.15 bits per heavy atom. The van der Waals surface area contributed by atoms with Crippen molar-refractivity contribution in [2.45, 2.75) is 18.7 Å². The molecule has 1 aromatic carbocycles. The van der Waals surface area contributed by atoms with Gasteiger partial charge in [0.1, 0.15) is 0 Å². The molecular formula is C13H20N2O4S. The van der Waals surface area contributed by atoms with Crippen LogP contribution in [-0.4, -0.2) is 50.9 Å². The second-order valence-corrected chi connectivity index (χ2v) is 6.04. The van der Waals surface area contributed by atoms with E-state index >= 15 is 0 Å². The number of benzene rings is 1. The van der Waals surface area contributed by atoms with Crippen LogP contribution in [0, 0.1) is 0 Å². The van der Waals surface area contributed by atoms with Gasteiger partial charge in [0, 0.05) is 25.7 Å². The summed E-state index contributed by atoms with van der Waals surface area (Å²) in [5.41, 5.74) is 0.368. The van der Waals surface area contributed by atoms with Crippen LogP contribution in [0.25, 0.3) is 0 Å². The number of hydrogen-bond acceptors (Lipinski definition) is 4. The maximum atomic E-state index is 12.3. The van der Waals surface area contributed by atoms with Crippen molar-refractivity contribution in [1.29, 1.82) is 0 Å². The van der Waals surface area contributed by atoms with Crippen LogP contribution < -0.4 is 0 Å². The predicted molar refractivity (Wildman–Crippen MR) is 75.7 cm³/mol. The van der Waals surface area contributed by atoms with Gasteiger partial charge in [-0.05, 0) is 24.3 Å². The molecule has 6 nitrogen and oxygen atoms in total. The Morgan fingerprint density at radius 3 is 2.05 bits per heavy atom. The van der Waals surface area contributed by atoms with Gasteiger partial charge >= 0.3 is 0 Å². The lowest BCUT2D eigenvalue weighted by molar-refractivity contribution is -0.0757. The van der Waals surface area contributed by atoms with Gasteiger partial charge in [0.2, 0.25) is 10.0 Å². The molecule has 7 heteroatoms. The van der Waals surface area contributed by atoms with E-state index in [1.807, 2.05) is 0 Å². The van der Waals surface area contributed by atoms with Crippen LogP contribution in [0.5, 0.6) is 0 Å². The normalized spacial score (nSPS) is 11.7. The van der Waals surface area contributed by atoms with Crippen molar-refractivity contribution in [3.63, 3.8) is 0 Å². The van der Waals surface area contributed by atoms with Crippen LogP contribution in [0.1, 0.15) is 24.2 Å². The molecule has 1 rings (SSSR count). The molecule has 0 fully saturated rings. The molecule has 0 heterocycles. The average molecular weight is 300 g/mol. The van der Waals surface area contributed by atoms with E-state index < -0.39 is 10.0 Å². The van der Waals surface area contributed by atoms with Crippen molar-refractivity contribution in [2.75, 3.05) is 27.2 Å². The fraction of sp³-hybridized carbons (Fsp3) is 0.462. The molecular weight excluding hydrogens is 280 g/mol. The summed E-state index contributed by atoms with van der Waals surface area (Å²) in [7, 11) is -0.617. The second-order valence-electron chi connectivity index (χ2n) is 4.10. The molecule has 0 aromatic heterocycles.